The van der Waals surface area contributed by atoms with Crippen LogP contribution in [-0.4, -0.2) is 31.5 Å². The summed E-state index contributed by atoms with van der Waals surface area (Å²) in [7, 11) is 0. The first-order valence-electron chi connectivity index (χ1n) is 7.46. The molecule has 0 aliphatic heterocycles. The summed E-state index contributed by atoms with van der Waals surface area (Å²) in [4.78, 5) is 16.0. The third kappa shape index (κ3) is 9.59. The molecule has 0 bridgehead atoms. The molecule has 22 heavy (non-hydrogen) atoms. The molecule has 0 unspecified atom stereocenters. The SMILES string of the molecule is CC(C)CCNC(N)=NCCCNC(=O)c1ccccc1.I. The molecule has 1 rings (SSSR count). The average Bonchev–Trinajstić information content (AvgIpc) is 2.47. The highest BCUT2D eigenvalue weighted by Gasteiger charge is 2.02. The maximum Gasteiger partial charge on any atom is 0.251 e. The van der Waals surface area contributed by atoms with Gasteiger partial charge < -0.3 is 16.4 Å². The van der Waals surface area contributed by atoms with E-state index < -0.39 is 0 Å². The van der Waals surface area contributed by atoms with Gasteiger partial charge in [0.1, 0.15) is 0 Å². The van der Waals surface area contributed by atoms with E-state index in [4.69, 9.17) is 5.73 Å². The topological polar surface area (TPSA) is 79.5 Å². The smallest absolute Gasteiger partial charge is 0.251 e. The highest BCUT2D eigenvalue weighted by Crippen LogP contribution is 1.97. The number of hydrogen-bond donors (Lipinski definition) is 3. The maximum atomic E-state index is 11.8. The van der Waals surface area contributed by atoms with Crippen LogP contribution in [0.3, 0.4) is 0 Å². The van der Waals surface area contributed by atoms with Crippen molar-refractivity contribution in [1.82, 2.24) is 10.6 Å². The summed E-state index contributed by atoms with van der Waals surface area (Å²) >= 11 is 0. The number of benzene rings is 1. The molecule has 0 fully saturated rings. The van der Waals surface area contributed by atoms with Gasteiger partial charge in [0.15, 0.2) is 5.96 Å². The van der Waals surface area contributed by atoms with Crippen molar-refractivity contribution in [2.75, 3.05) is 19.6 Å². The molecule has 1 aromatic rings. The summed E-state index contributed by atoms with van der Waals surface area (Å²) in [5, 5.41) is 5.94. The predicted octanol–water partition coefficient (Wildman–Crippen LogP) is 2.37. The van der Waals surface area contributed by atoms with Gasteiger partial charge >= 0.3 is 0 Å². The van der Waals surface area contributed by atoms with Crippen molar-refractivity contribution in [3.05, 3.63) is 35.9 Å². The van der Waals surface area contributed by atoms with Crippen LogP contribution in [0.25, 0.3) is 0 Å². The normalized spacial score (nSPS) is 11.0. The molecule has 0 aliphatic carbocycles. The predicted molar refractivity (Wildman–Crippen MR) is 103 cm³/mol. The van der Waals surface area contributed by atoms with Crippen LogP contribution in [0.5, 0.6) is 0 Å². The number of carbonyl (C=O) groups excluding carboxylic acids is 1. The fraction of sp³-hybridized carbons (Fsp3) is 0.500. The molecule has 0 heterocycles. The number of rotatable bonds is 8. The average molecular weight is 418 g/mol. The molecule has 0 saturated carbocycles. The standard InChI is InChI=1S/C16H26N4O.HI/c1-13(2)9-12-20-16(17)19-11-6-10-18-15(21)14-7-4-3-5-8-14;/h3-5,7-8,13H,6,9-12H2,1-2H3,(H,18,21)(H3,17,19,20);1H. The zero-order valence-corrected chi connectivity index (χ0v) is 15.7. The van der Waals surface area contributed by atoms with Gasteiger partial charge in [0.25, 0.3) is 5.91 Å². The second kappa shape index (κ2) is 12.3. The fourth-order valence-corrected chi connectivity index (χ4v) is 1.72. The molecule has 0 aliphatic rings. The molecule has 0 atom stereocenters. The molecular weight excluding hydrogens is 391 g/mol. The molecule has 6 heteroatoms. The third-order valence-electron chi connectivity index (χ3n) is 2.97. The Bertz CT molecular complexity index is 449. The fourth-order valence-electron chi connectivity index (χ4n) is 1.72. The van der Waals surface area contributed by atoms with Gasteiger partial charge in [-0.1, -0.05) is 32.0 Å². The number of carbonyl (C=O) groups is 1. The number of nitrogens with one attached hydrogen (secondary N) is 2. The Hall–Kier alpha value is -1.31. The van der Waals surface area contributed by atoms with Gasteiger partial charge in [0.05, 0.1) is 0 Å². The van der Waals surface area contributed by atoms with Crippen LogP contribution in [-0.2, 0) is 0 Å². The highest BCUT2D eigenvalue weighted by atomic mass is 127. The van der Waals surface area contributed by atoms with E-state index in [0.717, 1.165) is 19.4 Å². The molecule has 1 aromatic carbocycles. The number of halogens is 1. The first-order valence-corrected chi connectivity index (χ1v) is 7.46. The van der Waals surface area contributed by atoms with Crippen molar-refractivity contribution in [3.63, 3.8) is 0 Å². The van der Waals surface area contributed by atoms with Crippen LogP contribution >= 0.6 is 24.0 Å². The molecule has 0 saturated heterocycles. The quantitative estimate of drug-likeness (QED) is 0.263. The van der Waals surface area contributed by atoms with Gasteiger partial charge in [0.2, 0.25) is 0 Å². The number of hydrogen-bond acceptors (Lipinski definition) is 2. The molecule has 5 nitrogen and oxygen atoms in total. The Labute approximate surface area is 150 Å². The van der Waals surface area contributed by atoms with Gasteiger partial charge in [0, 0.05) is 25.2 Å². The number of nitrogens with zero attached hydrogens (tertiary/aromatic N) is 1. The van der Waals surface area contributed by atoms with Crippen molar-refractivity contribution < 1.29 is 4.79 Å². The Morgan fingerprint density at radius 3 is 2.50 bits per heavy atom. The van der Waals surface area contributed by atoms with Gasteiger partial charge in [-0.25, -0.2) is 0 Å². The Morgan fingerprint density at radius 2 is 1.86 bits per heavy atom. The molecule has 0 spiro atoms. The highest BCUT2D eigenvalue weighted by molar-refractivity contribution is 14.0. The molecule has 1 amide bonds. The summed E-state index contributed by atoms with van der Waals surface area (Å²) in [6, 6.07) is 9.18. The summed E-state index contributed by atoms with van der Waals surface area (Å²) in [5.74, 6) is 1.08. The van der Waals surface area contributed by atoms with Crippen LogP contribution in [0.1, 0.15) is 37.0 Å². The van der Waals surface area contributed by atoms with Crippen LogP contribution < -0.4 is 16.4 Å². The second-order valence-corrected chi connectivity index (χ2v) is 5.35. The Balaban J connectivity index is 0.00000441. The van der Waals surface area contributed by atoms with Crippen molar-refractivity contribution in [3.8, 4) is 0 Å². The molecule has 0 radical (unpaired) electrons. The van der Waals surface area contributed by atoms with E-state index in [-0.39, 0.29) is 29.9 Å². The lowest BCUT2D eigenvalue weighted by Gasteiger charge is -2.07. The first-order chi connectivity index (χ1) is 10.1. The lowest BCUT2D eigenvalue weighted by molar-refractivity contribution is 0.0953. The Kier molecular flexibility index (Phi) is 11.5. The van der Waals surface area contributed by atoms with E-state index in [1.165, 1.54) is 0 Å². The number of amides is 1. The second-order valence-electron chi connectivity index (χ2n) is 5.35. The Morgan fingerprint density at radius 1 is 1.18 bits per heavy atom. The first kappa shape index (κ1) is 20.7. The number of nitrogens with two attached hydrogens (primary N) is 1. The summed E-state index contributed by atoms with van der Waals surface area (Å²) in [5.41, 5.74) is 6.42. The zero-order valence-electron chi connectivity index (χ0n) is 13.3. The minimum atomic E-state index is -0.0531. The van der Waals surface area contributed by atoms with E-state index in [1.807, 2.05) is 18.2 Å². The van der Waals surface area contributed by atoms with Crippen LogP contribution in [0.2, 0.25) is 0 Å². The summed E-state index contributed by atoms with van der Waals surface area (Å²) in [6.07, 6.45) is 1.84. The van der Waals surface area contributed by atoms with Crippen molar-refractivity contribution in [2.45, 2.75) is 26.7 Å². The van der Waals surface area contributed by atoms with Crippen LogP contribution in [0, 0.1) is 5.92 Å². The van der Waals surface area contributed by atoms with E-state index >= 15 is 0 Å². The van der Waals surface area contributed by atoms with Gasteiger partial charge in [-0.2, -0.15) is 0 Å². The number of aliphatic imine (C=N–C) groups is 1. The molecule has 0 aromatic heterocycles. The third-order valence-corrected chi connectivity index (χ3v) is 2.97. The lowest BCUT2D eigenvalue weighted by Crippen LogP contribution is -2.33. The van der Waals surface area contributed by atoms with Crippen LogP contribution in [0.15, 0.2) is 35.3 Å². The lowest BCUT2D eigenvalue weighted by atomic mass is 10.1. The van der Waals surface area contributed by atoms with Gasteiger partial charge in [-0.3, -0.25) is 9.79 Å². The van der Waals surface area contributed by atoms with E-state index in [9.17, 15) is 4.79 Å². The monoisotopic (exact) mass is 418 g/mol. The van der Waals surface area contributed by atoms with Crippen molar-refractivity contribution in [2.24, 2.45) is 16.6 Å². The van der Waals surface area contributed by atoms with Crippen molar-refractivity contribution >= 4 is 35.8 Å². The van der Waals surface area contributed by atoms with Gasteiger partial charge in [-0.15, -0.1) is 24.0 Å². The molecule has 4 N–H and O–H groups in total. The minimum Gasteiger partial charge on any atom is -0.370 e. The summed E-state index contributed by atoms with van der Waals surface area (Å²) in [6.45, 7) is 6.39. The molecule has 124 valence electrons. The minimum absolute atomic E-state index is 0. The van der Waals surface area contributed by atoms with E-state index in [0.29, 0.717) is 30.5 Å². The molecular formula is C16H27IN4O. The van der Waals surface area contributed by atoms with Crippen molar-refractivity contribution in [1.29, 1.82) is 0 Å². The van der Waals surface area contributed by atoms with E-state index in [2.05, 4.69) is 29.5 Å². The zero-order chi connectivity index (χ0) is 15.5. The largest absolute Gasteiger partial charge is 0.370 e. The van der Waals surface area contributed by atoms with E-state index in [1.54, 1.807) is 12.1 Å². The van der Waals surface area contributed by atoms with Gasteiger partial charge in [-0.05, 0) is 30.9 Å². The maximum absolute atomic E-state index is 11.8. The summed E-state index contributed by atoms with van der Waals surface area (Å²) < 4.78 is 0. The number of guanidine groups is 1. The van der Waals surface area contributed by atoms with Crippen LogP contribution in [0.4, 0.5) is 0 Å².